The number of nitrogens with zero attached hydrogens (tertiary/aromatic N) is 1. The van der Waals surface area contributed by atoms with Crippen LogP contribution in [0.5, 0.6) is 0 Å². The third-order valence-electron chi connectivity index (χ3n) is 4.82. The van der Waals surface area contributed by atoms with Crippen molar-refractivity contribution in [3.8, 4) is 0 Å². The quantitative estimate of drug-likeness (QED) is 0.856. The molecule has 1 aromatic carbocycles. The van der Waals surface area contributed by atoms with Crippen molar-refractivity contribution in [2.45, 2.75) is 31.1 Å². The summed E-state index contributed by atoms with van der Waals surface area (Å²) in [5.74, 6) is -0.102. The summed E-state index contributed by atoms with van der Waals surface area (Å²) >= 11 is 5.81. The first-order valence-corrected chi connectivity index (χ1v) is 7.90. The summed E-state index contributed by atoms with van der Waals surface area (Å²) in [6.07, 6.45) is 4.49. The first-order valence-electron chi connectivity index (χ1n) is 7.52. The summed E-state index contributed by atoms with van der Waals surface area (Å²) in [4.78, 5) is 15.8. The predicted molar refractivity (Wildman–Crippen MR) is 85.2 cm³/mol. The van der Waals surface area contributed by atoms with Crippen LogP contribution >= 0.6 is 11.6 Å². The minimum absolute atomic E-state index is 0.0373. The second-order valence-electron chi connectivity index (χ2n) is 6.11. The minimum atomic E-state index is -0.933. The minimum Gasteiger partial charge on any atom is -0.478 e. The molecule has 2 unspecified atom stereocenters. The Morgan fingerprint density at radius 1 is 1.30 bits per heavy atom. The Kier molecular flexibility index (Phi) is 3.27. The van der Waals surface area contributed by atoms with Crippen LogP contribution < -0.4 is 5.32 Å². The second kappa shape index (κ2) is 5.20. The molecule has 1 saturated carbocycles. The van der Waals surface area contributed by atoms with Crippen LogP contribution in [0.1, 0.15) is 52.6 Å². The van der Waals surface area contributed by atoms with Gasteiger partial charge in [0.25, 0.3) is 0 Å². The van der Waals surface area contributed by atoms with Gasteiger partial charge in [0.05, 0.1) is 10.6 Å². The molecule has 0 aliphatic heterocycles. The highest BCUT2D eigenvalue weighted by Crippen LogP contribution is 2.56. The molecule has 4 nitrogen and oxygen atoms in total. The van der Waals surface area contributed by atoms with Crippen LogP contribution in [0.2, 0.25) is 5.02 Å². The number of benzene rings is 1. The Balaban J connectivity index is 1.78. The van der Waals surface area contributed by atoms with Gasteiger partial charge >= 0.3 is 5.97 Å². The maximum atomic E-state index is 13.3. The van der Waals surface area contributed by atoms with Gasteiger partial charge in [-0.05, 0) is 54.9 Å². The Morgan fingerprint density at radius 2 is 2.04 bits per heavy atom. The van der Waals surface area contributed by atoms with Gasteiger partial charge in [-0.3, -0.25) is 0 Å². The molecular formula is C17H14ClFN2O2. The van der Waals surface area contributed by atoms with E-state index in [1.807, 2.05) is 0 Å². The summed E-state index contributed by atoms with van der Waals surface area (Å²) in [5, 5.41) is 12.6. The number of hydrogen-bond donors (Lipinski definition) is 2. The van der Waals surface area contributed by atoms with Crippen LogP contribution in [0.25, 0.3) is 0 Å². The molecule has 0 amide bonds. The molecule has 23 heavy (non-hydrogen) atoms. The molecule has 1 heterocycles. The van der Waals surface area contributed by atoms with E-state index in [0.717, 1.165) is 30.4 Å². The summed E-state index contributed by atoms with van der Waals surface area (Å²) in [6.45, 7) is 0. The Morgan fingerprint density at radius 3 is 2.74 bits per heavy atom. The molecule has 0 radical (unpaired) electrons. The lowest BCUT2D eigenvalue weighted by Crippen LogP contribution is -2.11. The highest BCUT2D eigenvalue weighted by atomic mass is 35.5. The van der Waals surface area contributed by atoms with Crippen molar-refractivity contribution in [2.75, 3.05) is 5.32 Å². The van der Waals surface area contributed by atoms with Crippen LogP contribution in [0, 0.1) is 5.82 Å². The van der Waals surface area contributed by atoms with Gasteiger partial charge < -0.3 is 10.4 Å². The van der Waals surface area contributed by atoms with Gasteiger partial charge in [-0.1, -0.05) is 11.6 Å². The monoisotopic (exact) mass is 332 g/mol. The van der Waals surface area contributed by atoms with Crippen molar-refractivity contribution in [2.24, 2.45) is 0 Å². The lowest BCUT2D eigenvalue weighted by atomic mass is 9.89. The summed E-state index contributed by atoms with van der Waals surface area (Å²) < 4.78 is 13.3. The number of halogens is 2. The lowest BCUT2D eigenvalue weighted by Gasteiger charge is -2.20. The summed E-state index contributed by atoms with van der Waals surface area (Å²) in [6, 6.07) is 4.39. The number of carbonyl (C=O) groups is 1. The zero-order valence-corrected chi connectivity index (χ0v) is 12.9. The Bertz CT molecular complexity index is 824. The van der Waals surface area contributed by atoms with E-state index < -0.39 is 11.8 Å². The number of pyridine rings is 1. The zero-order chi connectivity index (χ0) is 16.1. The van der Waals surface area contributed by atoms with Crippen LogP contribution in [0.3, 0.4) is 0 Å². The smallest absolute Gasteiger partial charge is 0.337 e. The number of aromatic carboxylic acids is 1. The van der Waals surface area contributed by atoms with E-state index in [-0.39, 0.29) is 5.02 Å². The lowest BCUT2D eigenvalue weighted by molar-refractivity contribution is 0.0694. The maximum absolute atomic E-state index is 13.3. The van der Waals surface area contributed by atoms with Crippen LogP contribution in [0.4, 0.5) is 15.9 Å². The van der Waals surface area contributed by atoms with Gasteiger partial charge in [-0.15, -0.1) is 0 Å². The maximum Gasteiger partial charge on any atom is 0.337 e. The number of aromatic nitrogens is 1. The fraction of sp³-hybridized carbons (Fsp3) is 0.294. The number of anilines is 2. The van der Waals surface area contributed by atoms with Crippen LogP contribution in [-0.2, 0) is 0 Å². The van der Waals surface area contributed by atoms with Gasteiger partial charge in [0.2, 0.25) is 0 Å². The largest absolute Gasteiger partial charge is 0.478 e. The molecule has 1 fully saturated rings. The molecule has 2 aromatic rings. The van der Waals surface area contributed by atoms with Crippen molar-refractivity contribution in [1.82, 2.24) is 4.98 Å². The number of carboxylic acids is 1. The fourth-order valence-electron chi connectivity index (χ4n) is 3.88. The van der Waals surface area contributed by atoms with E-state index in [1.165, 1.54) is 18.3 Å². The standard InChI is InChI=1S/C17H14ClFN2O2/c18-12-6-10(3-4-13(12)19)21-16-15-9-2-1-8(5-9)14(15)11(7-20-16)17(22)23/h3-4,6-9H,1-2,5H2,(H,20,21)(H,22,23). The van der Waals surface area contributed by atoms with E-state index >= 15 is 0 Å². The van der Waals surface area contributed by atoms with E-state index in [4.69, 9.17) is 11.6 Å². The molecule has 0 saturated heterocycles. The van der Waals surface area contributed by atoms with Crippen LogP contribution in [-0.4, -0.2) is 16.1 Å². The predicted octanol–water partition coefficient (Wildman–Crippen LogP) is 4.68. The molecule has 4 rings (SSSR count). The van der Waals surface area contributed by atoms with Crippen LogP contribution in [0.15, 0.2) is 24.4 Å². The van der Waals surface area contributed by atoms with Crippen molar-refractivity contribution < 1.29 is 14.3 Å². The van der Waals surface area contributed by atoms with Gasteiger partial charge in [-0.2, -0.15) is 0 Å². The number of nitrogens with one attached hydrogen (secondary N) is 1. The molecule has 2 N–H and O–H groups in total. The molecule has 118 valence electrons. The number of carboxylic acid groups (broad SMARTS) is 1. The van der Waals surface area contributed by atoms with E-state index in [0.29, 0.717) is 28.9 Å². The highest BCUT2D eigenvalue weighted by molar-refractivity contribution is 6.31. The summed E-state index contributed by atoms with van der Waals surface area (Å²) in [5.41, 5.74) is 2.85. The molecule has 1 aromatic heterocycles. The molecule has 2 bridgehead atoms. The SMILES string of the molecule is O=C(O)c1cnc(Nc2ccc(F)c(Cl)c2)c2c1C1CCC2C1. The molecule has 6 heteroatoms. The van der Waals surface area contributed by atoms with Crippen molar-refractivity contribution in [1.29, 1.82) is 0 Å². The average Bonchev–Trinajstić information content (AvgIpc) is 3.13. The molecule has 2 aliphatic rings. The Hall–Kier alpha value is -2.14. The van der Waals surface area contributed by atoms with Gasteiger partial charge in [0.15, 0.2) is 0 Å². The number of rotatable bonds is 3. The van der Waals surface area contributed by atoms with Crippen molar-refractivity contribution >= 4 is 29.1 Å². The van der Waals surface area contributed by atoms with Gasteiger partial charge in [0.1, 0.15) is 11.6 Å². The normalized spacial score (nSPS) is 21.3. The summed E-state index contributed by atoms with van der Waals surface area (Å²) in [7, 11) is 0. The Labute approximate surface area is 137 Å². The zero-order valence-electron chi connectivity index (χ0n) is 12.1. The topological polar surface area (TPSA) is 62.2 Å². The van der Waals surface area contributed by atoms with E-state index in [1.54, 1.807) is 6.07 Å². The third-order valence-corrected chi connectivity index (χ3v) is 5.11. The molecule has 2 atom stereocenters. The first-order chi connectivity index (χ1) is 11.0. The molecule has 0 spiro atoms. The molecular weight excluding hydrogens is 319 g/mol. The van der Waals surface area contributed by atoms with Gasteiger partial charge in [-0.25, -0.2) is 14.2 Å². The third kappa shape index (κ3) is 2.27. The van der Waals surface area contributed by atoms with E-state index in [2.05, 4.69) is 10.3 Å². The number of hydrogen-bond acceptors (Lipinski definition) is 3. The number of fused-ring (bicyclic) bond motifs is 5. The molecule has 2 aliphatic carbocycles. The van der Waals surface area contributed by atoms with Gasteiger partial charge in [0, 0.05) is 17.4 Å². The van der Waals surface area contributed by atoms with Crippen molar-refractivity contribution in [3.63, 3.8) is 0 Å². The van der Waals surface area contributed by atoms with Crippen molar-refractivity contribution in [3.05, 3.63) is 51.9 Å². The first kappa shape index (κ1) is 14.5. The second-order valence-corrected chi connectivity index (χ2v) is 6.52. The van der Waals surface area contributed by atoms with E-state index in [9.17, 15) is 14.3 Å². The fourth-order valence-corrected chi connectivity index (χ4v) is 4.06. The average molecular weight is 333 g/mol. The highest BCUT2D eigenvalue weighted by Gasteiger charge is 2.41.